The standard InChI is InChI=1S/C16H24O8S/c1-20-16(17)7-8-21-9-10-22-11-12-23-13-14-24-25(18,19)15-5-3-2-4-6-15/h2-6H,7-14H2,1H3. The van der Waals surface area contributed by atoms with Crippen LogP contribution in [0.4, 0.5) is 0 Å². The summed E-state index contributed by atoms with van der Waals surface area (Å²) in [7, 11) is -2.41. The van der Waals surface area contributed by atoms with Gasteiger partial charge >= 0.3 is 5.97 Å². The molecule has 0 aromatic heterocycles. The van der Waals surface area contributed by atoms with E-state index in [1.54, 1.807) is 18.2 Å². The predicted molar refractivity (Wildman–Crippen MR) is 88.7 cm³/mol. The van der Waals surface area contributed by atoms with Crippen molar-refractivity contribution < 1.29 is 36.3 Å². The fourth-order valence-corrected chi connectivity index (χ4v) is 2.57. The lowest BCUT2D eigenvalue weighted by Gasteiger charge is -2.07. The van der Waals surface area contributed by atoms with Crippen molar-refractivity contribution in [2.75, 3.05) is 53.4 Å². The smallest absolute Gasteiger partial charge is 0.307 e. The van der Waals surface area contributed by atoms with Crippen molar-refractivity contribution >= 4 is 16.1 Å². The van der Waals surface area contributed by atoms with Gasteiger partial charge in [0.2, 0.25) is 0 Å². The van der Waals surface area contributed by atoms with Gasteiger partial charge in [-0.1, -0.05) is 18.2 Å². The Bertz CT molecular complexity index is 573. The summed E-state index contributed by atoms with van der Waals surface area (Å²) in [6.45, 7) is 1.79. The summed E-state index contributed by atoms with van der Waals surface area (Å²) >= 11 is 0. The minimum Gasteiger partial charge on any atom is -0.469 e. The molecule has 0 saturated carbocycles. The number of methoxy groups -OCH3 is 1. The maximum absolute atomic E-state index is 11.8. The molecule has 0 bridgehead atoms. The van der Waals surface area contributed by atoms with E-state index in [0.717, 1.165) is 0 Å². The van der Waals surface area contributed by atoms with Crippen molar-refractivity contribution in [3.8, 4) is 0 Å². The summed E-state index contributed by atoms with van der Waals surface area (Å²) in [4.78, 5) is 10.9. The van der Waals surface area contributed by atoms with Gasteiger partial charge < -0.3 is 18.9 Å². The fourth-order valence-electron chi connectivity index (χ4n) is 1.66. The van der Waals surface area contributed by atoms with Crippen LogP contribution in [0.3, 0.4) is 0 Å². The molecular weight excluding hydrogens is 352 g/mol. The third-order valence-electron chi connectivity index (χ3n) is 2.92. The Morgan fingerprint density at radius 2 is 1.36 bits per heavy atom. The third kappa shape index (κ3) is 10.1. The van der Waals surface area contributed by atoms with Crippen molar-refractivity contribution in [3.63, 3.8) is 0 Å². The Balaban J connectivity index is 1.93. The molecule has 0 radical (unpaired) electrons. The van der Waals surface area contributed by atoms with Gasteiger partial charge in [0, 0.05) is 0 Å². The molecule has 8 nitrogen and oxygen atoms in total. The Morgan fingerprint density at radius 1 is 0.840 bits per heavy atom. The average molecular weight is 376 g/mol. The van der Waals surface area contributed by atoms with Crippen LogP contribution in [-0.4, -0.2) is 67.7 Å². The van der Waals surface area contributed by atoms with Gasteiger partial charge in [0.05, 0.1) is 64.7 Å². The lowest BCUT2D eigenvalue weighted by Crippen LogP contribution is -2.14. The topological polar surface area (TPSA) is 97.4 Å². The number of carbonyl (C=O) groups excluding carboxylic acids is 1. The lowest BCUT2D eigenvalue weighted by molar-refractivity contribution is -0.141. The van der Waals surface area contributed by atoms with E-state index < -0.39 is 10.1 Å². The second-order valence-electron chi connectivity index (χ2n) is 4.75. The molecule has 0 heterocycles. The Hall–Kier alpha value is -1.52. The first-order valence-corrected chi connectivity index (χ1v) is 9.21. The summed E-state index contributed by atoms with van der Waals surface area (Å²) in [5, 5.41) is 0. The minimum atomic E-state index is -3.74. The summed E-state index contributed by atoms with van der Waals surface area (Å²) in [6, 6.07) is 7.92. The van der Waals surface area contributed by atoms with Crippen LogP contribution in [-0.2, 0) is 38.0 Å². The van der Waals surface area contributed by atoms with Crippen LogP contribution in [0.1, 0.15) is 6.42 Å². The van der Waals surface area contributed by atoms with Gasteiger partial charge in [-0.05, 0) is 12.1 Å². The summed E-state index contributed by atoms with van der Waals surface area (Å²) in [5.41, 5.74) is 0. The number of benzene rings is 1. The number of hydrogen-bond acceptors (Lipinski definition) is 8. The molecule has 0 saturated heterocycles. The SMILES string of the molecule is COC(=O)CCOCCOCCOCCOS(=O)(=O)c1ccccc1. The van der Waals surface area contributed by atoms with E-state index in [1.807, 2.05) is 0 Å². The third-order valence-corrected chi connectivity index (χ3v) is 4.25. The molecule has 0 spiro atoms. The van der Waals surface area contributed by atoms with E-state index in [1.165, 1.54) is 19.2 Å². The molecule has 0 amide bonds. The highest BCUT2D eigenvalue weighted by Crippen LogP contribution is 2.10. The first-order valence-electron chi connectivity index (χ1n) is 7.81. The van der Waals surface area contributed by atoms with Gasteiger partial charge in [-0.15, -0.1) is 0 Å². The molecule has 25 heavy (non-hydrogen) atoms. The van der Waals surface area contributed by atoms with E-state index in [-0.39, 0.29) is 30.5 Å². The number of esters is 1. The summed E-state index contributed by atoms with van der Waals surface area (Å²) in [6.07, 6.45) is 0.214. The molecule has 0 aliphatic rings. The molecule has 0 unspecified atom stereocenters. The van der Waals surface area contributed by atoms with E-state index in [0.29, 0.717) is 33.0 Å². The van der Waals surface area contributed by atoms with Crippen LogP contribution in [0, 0.1) is 0 Å². The van der Waals surface area contributed by atoms with Crippen molar-refractivity contribution in [2.24, 2.45) is 0 Å². The molecule has 0 aliphatic carbocycles. The highest BCUT2D eigenvalue weighted by Gasteiger charge is 2.13. The van der Waals surface area contributed by atoms with Gasteiger partial charge in [0.25, 0.3) is 10.1 Å². The van der Waals surface area contributed by atoms with Crippen molar-refractivity contribution in [2.45, 2.75) is 11.3 Å². The van der Waals surface area contributed by atoms with Gasteiger partial charge in [-0.25, -0.2) is 0 Å². The number of rotatable bonds is 14. The first kappa shape index (κ1) is 21.5. The largest absolute Gasteiger partial charge is 0.469 e. The quantitative estimate of drug-likeness (QED) is 0.270. The fraction of sp³-hybridized carbons (Fsp3) is 0.562. The minimum absolute atomic E-state index is 0.0616. The van der Waals surface area contributed by atoms with Crippen molar-refractivity contribution in [1.29, 1.82) is 0 Å². The number of carbonyl (C=O) groups is 1. The maximum atomic E-state index is 11.8. The van der Waals surface area contributed by atoms with Crippen LogP contribution in [0.2, 0.25) is 0 Å². The Labute approximate surface area is 148 Å². The molecule has 142 valence electrons. The van der Waals surface area contributed by atoms with E-state index in [4.69, 9.17) is 18.4 Å². The van der Waals surface area contributed by atoms with Crippen LogP contribution >= 0.6 is 0 Å². The predicted octanol–water partition coefficient (Wildman–Crippen LogP) is 1.00. The van der Waals surface area contributed by atoms with Gasteiger partial charge in [-0.3, -0.25) is 8.98 Å². The van der Waals surface area contributed by atoms with Crippen LogP contribution in [0.15, 0.2) is 35.2 Å². The Kier molecular flexibility index (Phi) is 11.0. The summed E-state index contributed by atoms with van der Waals surface area (Å²) in [5.74, 6) is -0.314. The zero-order chi connectivity index (χ0) is 18.4. The second-order valence-corrected chi connectivity index (χ2v) is 6.37. The average Bonchev–Trinajstić information content (AvgIpc) is 2.63. The highest BCUT2D eigenvalue weighted by atomic mass is 32.2. The summed E-state index contributed by atoms with van der Waals surface area (Å²) < 4.78 is 48.6. The van der Waals surface area contributed by atoms with Gasteiger partial charge in [-0.2, -0.15) is 8.42 Å². The number of ether oxygens (including phenoxy) is 4. The van der Waals surface area contributed by atoms with Crippen molar-refractivity contribution in [3.05, 3.63) is 30.3 Å². The number of hydrogen-bond donors (Lipinski definition) is 0. The van der Waals surface area contributed by atoms with Crippen molar-refractivity contribution in [1.82, 2.24) is 0 Å². The molecule has 0 N–H and O–H groups in total. The Morgan fingerprint density at radius 3 is 1.92 bits per heavy atom. The van der Waals surface area contributed by atoms with Crippen LogP contribution in [0.5, 0.6) is 0 Å². The van der Waals surface area contributed by atoms with Crippen LogP contribution in [0.25, 0.3) is 0 Å². The van der Waals surface area contributed by atoms with Gasteiger partial charge in [0.1, 0.15) is 0 Å². The normalized spacial score (nSPS) is 11.4. The monoisotopic (exact) mass is 376 g/mol. The highest BCUT2D eigenvalue weighted by molar-refractivity contribution is 7.86. The van der Waals surface area contributed by atoms with Crippen LogP contribution < -0.4 is 0 Å². The lowest BCUT2D eigenvalue weighted by atomic mass is 10.4. The van der Waals surface area contributed by atoms with E-state index >= 15 is 0 Å². The second kappa shape index (κ2) is 12.8. The zero-order valence-corrected chi connectivity index (χ0v) is 15.0. The molecule has 9 heteroatoms. The molecule has 0 fully saturated rings. The first-order chi connectivity index (χ1) is 12.1. The molecule has 0 atom stereocenters. The van der Waals surface area contributed by atoms with Gasteiger partial charge in [0.15, 0.2) is 0 Å². The molecule has 1 aromatic carbocycles. The zero-order valence-electron chi connectivity index (χ0n) is 14.2. The molecule has 1 aromatic rings. The van der Waals surface area contributed by atoms with E-state index in [2.05, 4.69) is 4.74 Å². The molecule has 0 aliphatic heterocycles. The molecular formula is C16H24O8S. The van der Waals surface area contributed by atoms with E-state index in [9.17, 15) is 13.2 Å². The molecule has 1 rings (SSSR count). The maximum Gasteiger partial charge on any atom is 0.307 e.